The summed E-state index contributed by atoms with van der Waals surface area (Å²) in [6.07, 6.45) is 7.07. The lowest BCUT2D eigenvalue weighted by atomic mass is 9.55. The molecule has 1 aromatic rings. The van der Waals surface area contributed by atoms with Gasteiger partial charge in [0.2, 0.25) is 0 Å². The Morgan fingerprint density at radius 2 is 2.04 bits per heavy atom. The third-order valence-electron chi connectivity index (χ3n) is 7.09. The van der Waals surface area contributed by atoms with E-state index >= 15 is 0 Å². The van der Waals surface area contributed by atoms with Gasteiger partial charge in [0.25, 0.3) is 0 Å². The number of ketones is 1. The molecule has 2 saturated carbocycles. The predicted molar refractivity (Wildman–Crippen MR) is 95.1 cm³/mol. The molecule has 1 aromatic carbocycles. The molecule has 0 bridgehead atoms. The second-order valence-corrected chi connectivity index (χ2v) is 8.68. The molecule has 0 amide bonds. The number of hydrogen-bond donors (Lipinski definition) is 1. The summed E-state index contributed by atoms with van der Waals surface area (Å²) in [7, 11) is 2.20. The highest BCUT2D eigenvalue weighted by Gasteiger charge is 2.61. The number of hydrogen-bond acceptors (Lipinski definition) is 4. The maximum Gasteiger partial charge on any atom is 0.174 e. The van der Waals surface area contributed by atoms with Crippen LogP contribution in [0.4, 0.5) is 0 Å². The highest BCUT2D eigenvalue weighted by atomic mass is 16.5. The molecule has 1 unspecified atom stereocenters. The number of rotatable bonds is 5. The molecule has 3 aliphatic carbocycles. The van der Waals surface area contributed by atoms with E-state index in [0.717, 1.165) is 38.1 Å². The fourth-order valence-corrected chi connectivity index (χ4v) is 5.68. The van der Waals surface area contributed by atoms with Crippen molar-refractivity contribution in [3.8, 4) is 11.5 Å². The first-order chi connectivity index (χ1) is 12.1. The Morgan fingerprint density at radius 1 is 1.24 bits per heavy atom. The van der Waals surface area contributed by atoms with Crippen LogP contribution in [0.5, 0.6) is 11.5 Å². The lowest BCUT2D eigenvalue weighted by Crippen LogP contribution is -2.55. The van der Waals surface area contributed by atoms with Crippen molar-refractivity contribution in [1.82, 2.24) is 4.90 Å². The van der Waals surface area contributed by atoms with Gasteiger partial charge in [-0.2, -0.15) is 0 Å². The van der Waals surface area contributed by atoms with E-state index in [4.69, 9.17) is 4.74 Å². The van der Waals surface area contributed by atoms with Crippen LogP contribution in [-0.2, 0) is 16.6 Å². The SMILES string of the molecule is CN(CC[C@]12c3c4ccc(O)c3O[C@H]1C(=O)CCC2CC4)CC1CC1. The van der Waals surface area contributed by atoms with Crippen LogP contribution < -0.4 is 4.74 Å². The van der Waals surface area contributed by atoms with Gasteiger partial charge in [-0.05, 0) is 75.6 Å². The largest absolute Gasteiger partial charge is 0.504 e. The van der Waals surface area contributed by atoms with Crippen molar-refractivity contribution in [1.29, 1.82) is 0 Å². The summed E-state index contributed by atoms with van der Waals surface area (Å²) in [5.74, 6) is 2.41. The third-order valence-corrected chi connectivity index (χ3v) is 7.09. The number of Topliss-reactive ketones (excluding diaryl/α,β-unsaturated/α-hetero) is 1. The molecule has 2 fully saturated rings. The molecule has 1 aliphatic heterocycles. The molecule has 4 aliphatic rings. The lowest BCUT2D eigenvalue weighted by Gasteiger charge is -2.47. The Morgan fingerprint density at radius 3 is 2.84 bits per heavy atom. The smallest absolute Gasteiger partial charge is 0.174 e. The summed E-state index contributed by atoms with van der Waals surface area (Å²) in [5, 5.41) is 10.4. The van der Waals surface area contributed by atoms with Crippen LogP contribution in [0.3, 0.4) is 0 Å². The van der Waals surface area contributed by atoms with Gasteiger partial charge in [-0.15, -0.1) is 0 Å². The van der Waals surface area contributed by atoms with Gasteiger partial charge in [0.15, 0.2) is 23.4 Å². The zero-order valence-corrected chi connectivity index (χ0v) is 15.0. The number of ether oxygens (including phenoxy) is 1. The van der Waals surface area contributed by atoms with E-state index in [9.17, 15) is 9.90 Å². The predicted octanol–water partition coefficient (Wildman–Crippen LogP) is 3.05. The molecule has 0 aromatic heterocycles. The Hall–Kier alpha value is -1.55. The van der Waals surface area contributed by atoms with Crippen molar-refractivity contribution >= 4 is 5.78 Å². The minimum Gasteiger partial charge on any atom is -0.504 e. The van der Waals surface area contributed by atoms with Crippen LogP contribution >= 0.6 is 0 Å². The van der Waals surface area contributed by atoms with E-state index in [0.29, 0.717) is 18.1 Å². The molecule has 5 rings (SSSR count). The fourth-order valence-electron chi connectivity index (χ4n) is 5.68. The maximum atomic E-state index is 12.8. The first kappa shape index (κ1) is 15.7. The van der Waals surface area contributed by atoms with Crippen LogP contribution in [-0.4, -0.2) is 42.0 Å². The van der Waals surface area contributed by atoms with Crippen LogP contribution in [0.25, 0.3) is 0 Å². The number of phenolic OH excluding ortho intramolecular Hbond substituents is 1. The summed E-state index contributed by atoms with van der Waals surface area (Å²) < 4.78 is 6.16. The number of carbonyl (C=O) groups is 1. The topological polar surface area (TPSA) is 49.8 Å². The van der Waals surface area contributed by atoms with Gasteiger partial charge < -0.3 is 14.7 Å². The Bertz CT molecular complexity index is 726. The van der Waals surface area contributed by atoms with E-state index in [1.807, 2.05) is 6.07 Å². The number of nitrogens with zero attached hydrogens (tertiary/aromatic N) is 1. The second-order valence-electron chi connectivity index (χ2n) is 8.68. The lowest BCUT2D eigenvalue weighted by molar-refractivity contribution is -0.133. The van der Waals surface area contributed by atoms with Crippen molar-refractivity contribution in [3.63, 3.8) is 0 Å². The molecule has 3 atom stereocenters. The number of carbonyl (C=O) groups excluding carboxylic acids is 1. The van der Waals surface area contributed by atoms with E-state index in [2.05, 4.69) is 11.9 Å². The molecule has 1 N–H and O–H groups in total. The summed E-state index contributed by atoms with van der Waals surface area (Å²) in [6.45, 7) is 2.16. The average Bonchev–Trinajstić information content (AvgIpc) is 3.33. The van der Waals surface area contributed by atoms with Gasteiger partial charge in [0.05, 0.1) is 0 Å². The first-order valence-corrected chi connectivity index (χ1v) is 9.83. The standard InChI is InChI=1S/C21H27NO3/c1-22(12-13-2-3-13)11-10-21-15-6-4-14-5-8-16(23)19(18(14)21)25-20(21)17(24)9-7-15/h5,8,13,15,20,23H,2-4,6-7,9-12H2,1H3/t15?,20-,21-/m0/s1. The fraction of sp³-hybridized carbons (Fsp3) is 0.667. The van der Waals surface area contributed by atoms with E-state index < -0.39 is 0 Å². The third kappa shape index (κ3) is 2.26. The molecule has 25 heavy (non-hydrogen) atoms. The summed E-state index contributed by atoms with van der Waals surface area (Å²) >= 11 is 0. The quantitative estimate of drug-likeness (QED) is 0.894. The molecular weight excluding hydrogens is 314 g/mol. The van der Waals surface area contributed by atoms with E-state index in [1.165, 1.54) is 30.5 Å². The summed E-state index contributed by atoms with van der Waals surface area (Å²) in [5.41, 5.74) is 2.24. The van der Waals surface area contributed by atoms with Gasteiger partial charge in [-0.1, -0.05) is 6.07 Å². The second kappa shape index (κ2) is 5.47. The van der Waals surface area contributed by atoms with Crippen LogP contribution in [0.15, 0.2) is 12.1 Å². The zero-order valence-electron chi connectivity index (χ0n) is 15.0. The normalized spacial score (nSPS) is 32.6. The molecule has 4 heteroatoms. The zero-order chi connectivity index (χ0) is 17.2. The Kier molecular flexibility index (Phi) is 3.43. The van der Waals surface area contributed by atoms with Crippen LogP contribution in [0, 0.1) is 11.8 Å². The van der Waals surface area contributed by atoms with Gasteiger partial charge in [-0.25, -0.2) is 0 Å². The number of aromatic hydroxyl groups is 1. The molecular formula is C21H27NO3. The van der Waals surface area contributed by atoms with Crippen molar-refractivity contribution in [2.24, 2.45) is 11.8 Å². The molecule has 0 radical (unpaired) electrons. The van der Waals surface area contributed by atoms with Crippen LogP contribution in [0.2, 0.25) is 0 Å². The number of phenols is 1. The molecule has 4 nitrogen and oxygen atoms in total. The summed E-state index contributed by atoms with van der Waals surface area (Å²) in [4.78, 5) is 15.2. The highest BCUT2D eigenvalue weighted by molar-refractivity contribution is 5.88. The molecule has 0 saturated heterocycles. The van der Waals surface area contributed by atoms with Crippen LogP contribution in [0.1, 0.15) is 49.7 Å². The van der Waals surface area contributed by atoms with Crippen molar-refractivity contribution in [2.75, 3.05) is 20.1 Å². The van der Waals surface area contributed by atoms with Crippen molar-refractivity contribution < 1.29 is 14.6 Å². The first-order valence-electron chi connectivity index (χ1n) is 9.83. The average molecular weight is 341 g/mol. The van der Waals surface area contributed by atoms with Gasteiger partial charge >= 0.3 is 0 Å². The molecule has 1 heterocycles. The molecule has 0 spiro atoms. The van der Waals surface area contributed by atoms with E-state index in [-0.39, 0.29) is 23.1 Å². The van der Waals surface area contributed by atoms with Gasteiger partial charge in [0.1, 0.15) is 0 Å². The van der Waals surface area contributed by atoms with Gasteiger partial charge in [-0.3, -0.25) is 4.79 Å². The number of benzene rings is 1. The van der Waals surface area contributed by atoms with Gasteiger partial charge in [0, 0.05) is 23.9 Å². The van der Waals surface area contributed by atoms with Crippen molar-refractivity contribution in [2.45, 2.75) is 56.5 Å². The number of aryl methyl sites for hydroxylation is 1. The summed E-state index contributed by atoms with van der Waals surface area (Å²) in [6, 6.07) is 3.79. The minimum atomic E-state index is -0.386. The monoisotopic (exact) mass is 341 g/mol. The highest BCUT2D eigenvalue weighted by Crippen LogP contribution is 2.60. The Labute approximate surface area is 149 Å². The molecule has 134 valence electrons. The maximum absolute atomic E-state index is 12.8. The minimum absolute atomic E-state index is 0.201. The van der Waals surface area contributed by atoms with Crippen molar-refractivity contribution in [3.05, 3.63) is 23.3 Å². The van der Waals surface area contributed by atoms with E-state index in [1.54, 1.807) is 6.07 Å². The Balaban J connectivity index is 1.54.